The highest BCUT2D eigenvalue weighted by atomic mass is 19.4. The predicted octanol–water partition coefficient (Wildman–Crippen LogP) is 4.41. The second-order valence-corrected chi connectivity index (χ2v) is 7.74. The molecule has 0 aliphatic carbocycles. The zero-order valence-electron chi connectivity index (χ0n) is 18.4. The molecule has 0 bridgehead atoms. The molecule has 3 aromatic rings. The molecule has 0 saturated carbocycles. The summed E-state index contributed by atoms with van der Waals surface area (Å²) in [5, 5.41) is 6.61. The highest BCUT2D eigenvalue weighted by Gasteiger charge is 2.34. The predicted molar refractivity (Wildman–Crippen MR) is 117 cm³/mol. The van der Waals surface area contributed by atoms with E-state index in [0.29, 0.717) is 6.61 Å². The number of benzene rings is 2. The van der Waals surface area contributed by atoms with Crippen molar-refractivity contribution in [2.75, 3.05) is 0 Å². The van der Waals surface area contributed by atoms with Crippen molar-refractivity contribution in [1.82, 2.24) is 15.1 Å². The Bertz CT molecular complexity index is 1200. The minimum absolute atomic E-state index is 0.0300. The van der Waals surface area contributed by atoms with Crippen LogP contribution < -0.4 is 10.7 Å². The summed E-state index contributed by atoms with van der Waals surface area (Å²) in [6.07, 6.45) is -4.60. The number of hydrogen-bond acceptors (Lipinski definition) is 4. The van der Waals surface area contributed by atoms with Gasteiger partial charge in [0.1, 0.15) is 0 Å². The van der Waals surface area contributed by atoms with Crippen LogP contribution in [0, 0.1) is 6.92 Å². The van der Waals surface area contributed by atoms with Gasteiger partial charge in [-0.15, -0.1) is 0 Å². The molecule has 2 aromatic carbocycles. The molecule has 0 spiro atoms. The number of carbonyl (C=O) groups excluding carboxylic acids is 1. The molecular weight excluding hydrogens is 435 g/mol. The summed E-state index contributed by atoms with van der Waals surface area (Å²) >= 11 is 0. The van der Waals surface area contributed by atoms with Gasteiger partial charge in [0.05, 0.1) is 24.0 Å². The maximum atomic E-state index is 13.5. The van der Waals surface area contributed by atoms with Gasteiger partial charge >= 0.3 is 6.18 Å². The first-order valence-electron chi connectivity index (χ1n) is 10.3. The van der Waals surface area contributed by atoms with Crippen LogP contribution >= 0.6 is 0 Å². The van der Waals surface area contributed by atoms with E-state index in [4.69, 9.17) is 4.74 Å². The molecule has 1 N–H and O–H groups in total. The highest BCUT2D eigenvalue weighted by molar-refractivity contribution is 5.92. The van der Waals surface area contributed by atoms with Gasteiger partial charge in [-0.25, -0.2) is 4.68 Å². The lowest BCUT2D eigenvalue weighted by atomic mass is 10.1. The van der Waals surface area contributed by atoms with Gasteiger partial charge in [0.2, 0.25) is 5.43 Å². The van der Waals surface area contributed by atoms with Crippen LogP contribution in [0.2, 0.25) is 0 Å². The van der Waals surface area contributed by atoms with Gasteiger partial charge in [0.15, 0.2) is 5.69 Å². The van der Waals surface area contributed by atoms with E-state index in [0.717, 1.165) is 27.9 Å². The Labute approximate surface area is 189 Å². The number of nitrogens with zero attached hydrogens (tertiary/aromatic N) is 2. The maximum absolute atomic E-state index is 13.5. The normalized spacial score (nSPS) is 11.6. The molecule has 9 heteroatoms. The van der Waals surface area contributed by atoms with Gasteiger partial charge in [-0.1, -0.05) is 36.4 Å². The molecule has 3 rings (SSSR count). The molecule has 6 nitrogen and oxygen atoms in total. The number of carbonyl (C=O) groups is 1. The fourth-order valence-corrected chi connectivity index (χ4v) is 3.23. The first kappa shape index (κ1) is 24.2. The fraction of sp³-hybridized carbons (Fsp3) is 0.292. The van der Waals surface area contributed by atoms with E-state index in [-0.39, 0.29) is 24.0 Å². The van der Waals surface area contributed by atoms with Gasteiger partial charge in [0, 0.05) is 18.3 Å². The molecular formula is C24H24F3N3O3. The summed E-state index contributed by atoms with van der Waals surface area (Å²) in [6, 6.07) is 13.3. The molecule has 0 radical (unpaired) electrons. The number of halogens is 3. The summed E-state index contributed by atoms with van der Waals surface area (Å²) in [6.45, 7) is 5.73. The number of rotatable bonds is 7. The Hall–Kier alpha value is -3.46. The Balaban J connectivity index is 1.89. The fourth-order valence-electron chi connectivity index (χ4n) is 3.23. The molecule has 0 atom stereocenters. The van der Waals surface area contributed by atoms with Crippen molar-refractivity contribution in [2.45, 2.75) is 46.2 Å². The minimum Gasteiger partial charge on any atom is -0.374 e. The summed E-state index contributed by atoms with van der Waals surface area (Å²) in [5.74, 6) is -0.780. The third-order valence-electron chi connectivity index (χ3n) is 4.89. The van der Waals surface area contributed by atoms with Crippen molar-refractivity contribution < 1.29 is 22.7 Å². The van der Waals surface area contributed by atoms with E-state index >= 15 is 0 Å². The second-order valence-electron chi connectivity index (χ2n) is 7.74. The topological polar surface area (TPSA) is 73.2 Å². The lowest BCUT2D eigenvalue weighted by Crippen LogP contribution is -2.32. The third kappa shape index (κ3) is 5.87. The molecule has 1 aromatic heterocycles. The van der Waals surface area contributed by atoms with E-state index in [1.807, 2.05) is 38.1 Å². The summed E-state index contributed by atoms with van der Waals surface area (Å²) in [5.41, 5.74) is -0.524. The number of nitrogens with one attached hydrogen (secondary N) is 1. The molecule has 0 aliphatic heterocycles. The number of hydrogen-bond donors (Lipinski definition) is 1. The van der Waals surface area contributed by atoms with Crippen molar-refractivity contribution >= 4 is 5.91 Å². The Kier molecular flexibility index (Phi) is 7.33. The van der Waals surface area contributed by atoms with Crippen LogP contribution in [0.25, 0.3) is 5.69 Å². The van der Waals surface area contributed by atoms with Crippen LogP contribution in [-0.2, 0) is 24.1 Å². The molecule has 174 valence electrons. The Morgan fingerprint density at radius 3 is 2.39 bits per heavy atom. The largest absolute Gasteiger partial charge is 0.418 e. The van der Waals surface area contributed by atoms with Crippen LogP contribution in [-0.4, -0.2) is 21.8 Å². The number of para-hydroxylation sites is 1. The zero-order valence-corrected chi connectivity index (χ0v) is 18.4. The SMILES string of the molecule is Cc1cc(=O)c(C(=O)NCc2ccccc2COC(C)C)nn1-c1ccccc1C(F)(F)F. The van der Waals surface area contributed by atoms with Crippen LogP contribution in [0.4, 0.5) is 13.2 Å². The van der Waals surface area contributed by atoms with E-state index in [1.54, 1.807) is 0 Å². The van der Waals surface area contributed by atoms with E-state index < -0.39 is 28.8 Å². The van der Waals surface area contributed by atoms with Gasteiger partial charge in [-0.2, -0.15) is 18.3 Å². The number of ether oxygens (including phenoxy) is 1. The molecule has 1 amide bonds. The summed E-state index contributed by atoms with van der Waals surface area (Å²) < 4.78 is 47.0. The van der Waals surface area contributed by atoms with E-state index in [1.165, 1.54) is 25.1 Å². The first-order valence-corrected chi connectivity index (χ1v) is 10.3. The maximum Gasteiger partial charge on any atom is 0.418 e. The smallest absolute Gasteiger partial charge is 0.374 e. The van der Waals surface area contributed by atoms with Crippen LogP contribution in [0.1, 0.15) is 46.7 Å². The lowest BCUT2D eigenvalue weighted by molar-refractivity contribution is -0.137. The standard InChI is InChI=1S/C24H24F3N3O3/c1-15(2)33-14-18-9-5-4-8-17(18)13-28-23(32)22-21(31)12-16(3)30(29-22)20-11-7-6-10-19(20)24(25,26)27/h4-12,15H,13-14H2,1-3H3,(H,28,32). The zero-order chi connectivity index (χ0) is 24.2. The second kappa shape index (κ2) is 9.99. The molecule has 0 fully saturated rings. The third-order valence-corrected chi connectivity index (χ3v) is 4.89. The number of aromatic nitrogens is 2. The monoisotopic (exact) mass is 459 g/mol. The Morgan fingerprint density at radius 2 is 1.73 bits per heavy atom. The quantitative estimate of drug-likeness (QED) is 0.568. The van der Waals surface area contributed by atoms with Gasteiger partial charge in [-0.05, 0) is 44.0 Å². The van der Waals surface area contributed by atoms with Crippen molar-refractivity contribution in [3.63, 3.8) is 0 Å². The Morgan fingerprint density at radius 1 is 1.09 bits per heavy atom. The number of alkyl halides is 3. The average Bonchev–Trinajstić information content (AvgIpc) is 2.76. The number of aryl methyl sites for hydroxylation is 1. The molecule has 0 aliphatic rings. The molecule has 0 unspecified atom stereocenters. The van der Waals surface area contributed by atoms with E-state index in [9.17, 15) is 22.8 Å². The van der Waals surface area contributed by atoms with Crippen LogP contribution in [0.3, 0.4) is 0 Å². The lowest BCUT2D eigenvalue weighted by Gasteiger charge is -2.17. The van der Waals surface area contributed by atoms with Crippen molar-refractivity contribution in [3.05, 3.63) is 92.9 Å². The average molecular weight is 459 g/mol. The van der Waals surface area contributed by atoms with Gasteiger partial charge in [-0.3, -0.25) is 9.59 Å². The van der Waals surface area contributed by atoms with Crippen LogP contribution in [0.5, 0.6) is 0 Å². The van der Waals surface area contributed by atoms with Crippen molar-refractivity contribution in [1.29, 1.82) is 0 Å². The van der Waals surface area contributed by atoms with E-state index in [2.05, 4.69) is 10.4 Å². The van der Waals surface area contributed by atoms with Gasteiger partial charge in [0.25, 0.3) is 5.91 Å². The molecule has 0 saturated heterocycles. The number of amides is 1. The van der Waals surface area contributed by atoms with Crippen molar-refractivity contribution in [3.8, 4) is 5.69 Å². The summed E-state index contributed by atoms with van der Waals surface area (Å²) in [4.78, 5) is 25.2. The van der Waals surface area contributed by atoms with Gasteiger partial charge < -0.3 is 10.1 Å². The first-order chi connectivity index (χ1) is 15.6. The van der Waals surface area contributed by atoms with Crippen LogP contribution in [0.15, 0.2) is 59.4 Å². The summed E-state index contributed by atoms with van der Waals surface area (Å²) in [7, 11) is 0. The van der Waals surface area contributed by atoms with Crippen molar-refractivity contribution in [2.24, 2.45) is 0 Å². The molecule has 33 heavy (non-hydrogen) atoms. The molecule has 1 heterocycles. The highest BCUT2D eigenvalue weighted by Crippen LogP contribution is 2.33. The minimum atomic E-state index is -4.63.